The molecule has 15 nitrogen and oxygen atoms in total. The maximum absolute atomic E-state index is 11.2. The molecule has 4 rings (SSSR count). The second kappa shape index (κ2) is 9.88. The summed E-state index contributed by atoms with van der Waals surface area (Å²) < 4.78 is 125. The predicted octanol–water partition coefficient (Wildman–Crippen LogP) is 1.54. The van der Waals surface area contributed by atoms with Crippen LogP contribution in [-0.4, -0.2) is 57.0 Å². The summed E-state index contributed by atoms with van der Waals surface area (Å²) in [4.78, 5) is -2.20. The minimum Gasteiger partial charge on any atom is -0.507 e. The number of phenolic OH excluding ortho intramolecular Hbond substituents is 1. The number of hydrogen-bond acceptors (Lipinski definition) is 11. The van der Waals surface area contributed by atoms with Crippen LogP contribution in [0.5, 0.6) is 5.75 Å². The van der Waals surface area contributed by atoms with Crippen molar-refractivity contribution in [2.24, 2.45) is 0 Å². The monoisotopic (exact) mass is 622 g/mol. The van der Waals surface area contributed by atoms with Gasteiger partial charge in [-0.15, -0.1) is 0 Å². The molecule has 39 heavy (non-hydrogen) atoms. The minimum atomic E-state index is -4.59. The maximum Gasteiger partial charge on any atom is 0.295 e. The molecule has 4 aromatic carbocycles. The topological polar surface area (TPSA) is 290 Å². The Morgan fingerprint density at radius 3 is 1.56 bits per heavy atom. The highest BCUT2D eigenvalue weighted by molar-refractivity contribution is 7.86. The number of nitrogens with two attached hydrogens (primary N) is 2. The molecule has 0 heterocycles. The molecule has 0 amide bonds. The molecule has 0 aliphatic carbocycles. The van der Waals surface area contributed by atoms with Crippen LogP contribution in [0, 0.1) is 0 Å². The van der Waals surface area contributed by atoms with E-state index in [2.05, 4.69) is 0 Å². The van der Waals surface area contributed by atoms with E-state index in [0.29, 0.717) is 0 Å². The summed E-state index contributed by atoms with van der Waals surface area (Å²) in [5.41, 5.74) is 10.8. The first-order chi connectivity index (χ1) is 17.6. The molecule has 0 aromatic heterocycles. The fourth-order valence-corrected chi connectivity index (χ4v) is 6.08. The number of rotatable bonds is 4. The molecule has 0 saturated heterocycles. The van der Waals surface area contributed by atoms with Gasteiger partial charge in [-0.05, 0) is 41.8 Å². The lowest BCUT2D eigenvalue weighted by Gasteiger charge is -2.08. The van der Waals surface area contributed by atoms with Gasteiger partial charge in [-0.25, -0.2) is 0 Å². The lowest BCUT2D eigenvalue weighted by Crippen LogP contribution is -2.04. The van der Waals surface area contributed by atoms with E-state index in [1.165, 1.54) is 18.2 Å². The summed E-state index contributed by atoms with van der Waals surface area (Å²) >= 11 is 0. The van der Waals surface area contributed by atoms with Gasteiger partial charge in [0, 0.05) is 33.6 Å². The second-order valence-corrected chi connectivity index (χ2v) is 13.4. The predicted molar refractivity (Wildman–Crippen MR) is 138 cm³/mol. The van der Waals surface area contributed by atoms with E-state index in [4.69, 9.17) is 29.7 Å². The van der Waals surface area contributed by atoms with Crippen molar-refractivity contribution in [3.05, 3.63) is 54.6 Å². The van der Waals surface area contributed by atoms with E-state index in [0.717, 1.165) is 36.4 Å². The fourth-order valence-electron chi connectivity index (χ4n) is 3.55. The fraction of sp³-hybridized carbons (Fsp3) is 0. The lowest BCUT2D eigenvalue weighted by molar-refractivity contribution is 0.471. The minimum absolute atomic E-state index is 0.00444. The third-order valence-corrected chi connectivity index (χ3v) is 8.57. The van der Waals surface area contributed by atoms with E-state index in [1.54, 1.807) is 0 Å². The number of anilines is 2. The Bertz CT molecular complexity index is 2020. The normalized spacial score (nSPS) is 12.7. The Labute approximate surface area is 221 Å². The lowest BCUT2D eigenvalue weighted by atomic mass is 10.1. The van der Waals surface area contributed by atoms with Crippen molar-refractivity contribution >= 4 is 73.4 Å². The third kappa shape index (κ3) is 6.54. The average Bonchev–Trinajstić information content (AvgIpc) is 2.75. The van der Waals surface area contributed by atoms with Crippen molar-refractivity contribution in [2.75, 3.05) is 11.5 Å². The molecular formula is C20H18N2O13S4. The average molecular weight is 623 g/mol. The van der Waals surface area contributed by atoms with Gasteiger partial charge in [0.25, 0.3) is 40.5 Å². The van der Waals surface area contributed by atoms with Crippen molar-refractivity contribution in [3.63, 3.8) is 0 Å². The molecule has 0 radical (unpaired) electrons. The number of benzene rings is 4. The quantitative estimate of drug-likeness (QED) is 0.125. The zero-order chi connectivity index (χ0) is 29.7. The van der Waals surface area contributed by atoms with Crippen LogP contribution in [0.4, 0.5) is 11.4 Å². The van der Waals surface area contributed by atoms with Crippen LogP contribution in [0.2, 0.25) is 0 Å². The van der Waals surface area contributed by atoms with Crippen LogP contribution in [0.3, 0.4) is 0 Å². The van der Waals surface area contributed by atoms with Crippen LogP contribution in [0.15, 0.2) is 74.2 Å². The van der Waals surface area contributed by atoms with Gasteiger partial charge < -0.3 is 16.6 Å². The molecule has 210 valence electrons. The van der Waals surface area contributed by atoms with Crippen LogP contribution >= 0.6 is 0 Å². The Kier molecular flexibility index (Phi) is 7.60. The molecule has 4 aromatic rings. The zero-order valence-electron chi connectivity index (χ0n) is 19.0. The SMILES string of the molecule is Nc1cc(S(=O)(=O)O)c2cccc(S(=O)(=O)O)c2c1.Nc1cc(S(=O)(=O)O)cc2cc(S(=O)(=O)O)cc(O)c12. The van der Waals surface area contributed by atoms with Crippen LogP contribution in [0.25, 0.3) is 21.5 Å². The molecule has 0 unspecified atom stereocenters. The van der Waals surface area contributed by atoms with Crippen molar-refractivity contribution in [1.29, 1.82) is 0 Å². The van der Waals surface area contributed by atoms with Gasteiger partial charge in [0.15, 0.2) is 0 Å². The van der Waals surface area contributed by atoms with Crippen molar-refractivity contribution < 1.29 is 57.0 Å². The van der Waals surface area contributed by atoms with Crippen molar-refractivity contribution in [3.8, 4) is 5.75 Å². The maximum atomic E-state index is 11.2. The molecule has 0 saturated carbocycles. The summed E-state index contributed by atoms with van der Waals surface area (Å²) in [6.45, 7) is 0. The number of nitrogen functional groups attached to an aromatic ring is 2. The van der Waals surface area contributed by atoms with E-state index >= 15 is 0 Å². The summed E-state index contributed by atoms with van der Waals surface area (Å²) in [6, 6.07) is 9.41. The summed E-state index contributed by atoms with van der Waals surface area (Å²) in [6.07, 6.45) is 0. The third-order valence-electron chi connectivity index (χ3n) is 5.10. The first kappa shape index (κ1) is 30.0. The Hall–Kier alpha value is -3.56. The van der Waals surface area contributed by atoms with Crippen molar-refractivity contribution in [1.82, 2.24) is 0 Å². The van der Waals surface area contributed by atoms with Gasteiger partial charge in [-0.1, -0.05) is 12.1 Å². The Morgan fingerprint density at radius 1 is 0.564 bits per heavy atom. The van der Waals surface area contributed by atoms with Gasteiger partial charge in [0.2, 0.25) is 0 Å². The molecule has 0 aliphatic rings. The van der Waals surface area contributed by atoms with Crippen molar-refractivity contribution in [2.45, 2.75) is 19.6 Å². The van der Waals surface area contributed by atoms with Gasteiger partial charge in [-0.2, -0.15) is 33.7 Å². The van der Waals surface area contributed by atoms with E-state index in [9.17, 15) is 38.8 Å². The van der Waals surface area contributed by atoms with Gasteiger partial charge >= 0.3 is 0 Å². The number of hydrogen-bond donors (Lipinski definition) is 7. The zero-order valence-corrected chi connectivity index (χ0v) is 22.3. The Balaban J connectivity index is 0.000000216. The highest BCUT2D eigenvalue weighted by Crippen LogP contribution is 2.35. The first-order valence-corrected chi connectivity index (χ1v) is 15.6. The number of aromatic hydroxyl groups is 1. The van der Waals surface area contributed by atoms with Gasteiger partial charge in [0.05, 0.1) is 9.79 Å². The molecule has 19 heteroatoms. The van der Waals surface area contributed by atoms with Crippen LogP contribution < -0.4 is 11.5 Å². The molecule has 0 bridgehead atoms. The summed E-state index contributed by atoms with van der Waals surface area (Å²) in [5, 5.41) is 9.53. The smallest absolute Gasteiger partial charge is 0.295 e. The van der Waals surface area contributed by atoms with Crippen LogP contribution in [-0.2, 0) is 40.5 Å². The highest BCUT2D eigenvalue weighted by atomic mass is 32.2. The Morgan fingerprint density at radius 2 is 1.08 bits per heavy atom. The van der Waals surface area contributed by atoms with Gasteiger partial charge in [0.1, 0.15) is 15.5 Å². The largest absolute Gasteiger partial charge is 0.507 e. The molecule has 0 spiro atoms. The molecule has 0 aliphatic heterocycles. The van der Waals surface area contributed by atoms with E-state index < -0.39 is 65.8 Å². The molecule has 0 fully saturated rings. The van der Waals surface area contributed by atoms with Crippen LogP contribution in [0.1, 0.15) is 0 Å². The van der Waals surface area contributed by atoms with E-state index in [-0.39, 0.29) is 32.9 Å². The molecule has 0 atom stereocenters. The highest BCUT2D eigenvalue weighted by Gasteiger charge is 2.21. The van der Waals surface area contributed by atoms with Gasteiger partial charge in [-0.3, -0.25) is 18.2 Å². The standard InChI is InChI=1S/C10H9NO7S2.C10H9NO6S2/c11-8-3-6(19(13,14)15)1-5-2-7(20(16,17)18)4-9(12)10(5)8;11-6-4-8-7(10(5-6)19(15,16)17)2-1-3-9(8)18(12,13)14/h1-4,12H,11H2,(H,13,14,15)(H,16,17,18);1-5H,11H2,(H,12,13,14)(H,15,16,17). The molecule has 9 N–H and O–H groups in total. The number of fused-ring (bicyclic) bond motifs is 2. The summed E-state index contributed by atoms with van der Waals surface area (Å²) in [7, 11) is -18.3. The second-order valence-electron chi connectivity index (χ2n) is 7.82. The number of phenols is 1. The van der Waals surface area contributed by atoms with E-state index in [1.807, 2.05) is 0 Å². The molecular weight excluding hydrogens is 604 g/mol. The summed E-state index contributed by atoms with van der Waals surface area (Å²) in [5.74, 6) is -0.547. The first-order valence-electron chi connectivity index (χ1n) is 9.89.